The molecule has 0 bridgehead atoms. The fraction of sp³-hybridized carbons (Fsp3) is 0.667. The third-order valence-corrected chi connectivity index (χ3v) is 7.48. The Bertz CT molecular complexity index is 807. The molecule has 1 saturated carbocycles. The monoisotopic (exact) mass is 425 g/mol. The van der Waals surface area contributed by atoms with Crippen LogP contribution >= 0.6 is 0 Å². The zero-order chi connectivity index (χ0) is 21.8. The van der Waals surface area contributed by atoms with Gasteiger partial charge in [-0.15, -0.1) is 0 Å². The van der Waals surface area contributed by atoms with Gasteiger partial charge in [0.05, 0.1) is 0 Å². The van der Waals surface area contributed by atoms with E-state index in [0.717, 1.165) is 32.2 Å². The number of amides is 2. The lowest BCUT2D eigenvalue weighted by Gasteiger charge is -2.38. The van der Waals surface area contributed by atoms with Crippen molar-refractivity contribution in [2.45, 2.75) is 69.7 Å². The van der Waals surface area contributed by atoms with E-state index in [2.05, 4.69) is 10.3 Å². The number of pyridine rings is 1. The quantitative estimate of drug-likeness (QED) is 0.731. The van der Waals surface area contributed by atoms with E-state index in [1.165, 1.54) is 37.0 Å². The van der Waals surface area contributed by atoms with Crippen LogP contribution < -0.4 is 5.32 Å². The van der Waals surface area contributed by atoms with Crippen LogP contribution in [0, 0.1) is 17.2 Å². The fourth-order valence-electron chi connectivity index (χ4n) is 5.71. The van der Waals surface area contributed by atoms with Gasteiger partial charge in [0.25, 0.3) is 11.8 Å². The Morgan fingerprint density at radius 2 is 1.87 bits per heavy atom. The predicted octanol–water partition coefficient (Wildman–Crippen LogP) is 3.42. The molecule has 3 aliphatic rings. The summed E-state index contributed by atoms with van der Waals surface area (Å²) in [7, 11) is 1.69. The number of rotatable bonds is 6. The molecule has 168 valence electrons. The summed E-state index contributed by atoms with van der Waals surface area (Å²) in [4.78, 5) is 33.6. The van der Waals surface area contributed by atoms with Crippen LogP contribution in [0.2, 0.25) is 0 Å². The van der Waals surface area contributed by atoms with Crippen LogP contribution in [-0.2, 0) is 4.79 Å². The van der Waals surface area contributed by atoms with Gasteiger partial charge in [0.1, 0.15) is 5.54 Å². The molecule has 2 atom stereocenters. The molecular formula is C24H35N5O2. The van der Waals surface area contributed by atoms with E-state index >= 15 is 0 Å². The molecule has 2 aliphatic heterocycles. The third kappa shape index (κ3) is 4.75. The molecule has 1 aromatic rings. The lowest BCUT2D eigenvalue weighted by molar-refractivity contribution is -0.131. The summed E-state index contributed by atoms with van der Waals surface area (Å²) in [5.41, 5.74) is -0.0318. The second-order valence-electron chi connectivity index (χ2n) is 9.66. The Hall–Kier alpha value is -2.44. The van der Waals surface area contributed by atoms with Crippen molar-refractivity contribution in [1.29, 1.82) is 5.41 Å². The van der Waals surface area contributed by atoms with E-state index in [4.69, 9.17) is 5.41 Å². The minimum absolute atomic E-state index is 0.0193. The van der Waals surface area contributed by atoms with Gasteiger partial charge in [0.2, 0.25) is 0 Å². The number of aromatic nitrogens is 1. The number of carbonyl (C=O) groups is 2. The average molecular weight is 426 g/mol. The normalized spacial score (nSPS) is 27.5. The molecule has 7 heteroatoms. The molecule has 0 aromatic carbocycles. The highest BCUT2D eigenvalue weighted by molar-refractivity contribution is 6.07. The Labute approximate surface area is 185 Å². The average Bonchev–Trinajstić information content (AvgIpc) is 3.02. The summed E-state index contributed by atoms with van der Waals surface area (Å²) >= 11 is 0. The zero-order valence-corrected chi connectivity index (χ0v) is 18.6. The van der Waals surface area contributed by atoms with Gasteiger partial charge in [-0.25, -0.2) is 0 Å². The fourth-order valence-corrected chi connectivity index (χ4v) is 5.71. The number of piperidine rings is 1. The smallest absolute Gasteiger partial charge is 0.254 e. The predicted molar refractivity (Wildman–Crippen MR) is 120 cm³/mol. The maximum atomic E-state index is 13.3. The number of hydrogen-bond donors (Lipinski definition) is 2. The van der Waals surface area contributed by atoms with Crippen molar-refractivity contribution < 1.29 is 9.59 Å². The topological polar surface area (TPSA) is 89.4 Å². The molecule has 2 amide bonds. The van der Waals surface area contributed by atoms with Gasteiger partial charge in [-0.1, -0.05) is 32.1 Å². The summed E-state index contributed by atoms with van der Waals surface area (Å²) in [6.45, 7) is 1.42. The number of hydrogen-bond acceptors (Lipinski definition) is 4. The number of likely N-dealkylation sites (N-methyl/N-ethyl adjacent to an activating group) is 1. The first-order valence-electron chi connectivity index (χ1n) is 11.8. The third-order valence-electron chi connectivity index (χ3n) is 7.48. The van der Waals surface area contributed by atoms with Gasteiger partial charge in [-0.2, -0.15) is 0 Å². The van der Waals surface area contributed by atoms with E-state index < -0.39 is 5.54 Å². The second-order valence-corrected chi connectivity index (χ2v) is 9.66. The van der Waals surface area contributed by atoms with Gasteiger partial charge >= 0.3 is 0 Å². The minimum atomic E-state index is -0.698. The van der Waals surface area contributed by atoms with Crippen LogP contribution in [0.1, 0.15) is 74.6 Å². The van der Waals surface area contributed by atoms with Crippen LogP contribution in [-0.4, -0.2) is 58.2 Å². The highest BCUT2D eigenvalue weighted by Gasteiger charge is 2.49. The number of carbonyl (C=O) groups excluding carboxylic acids is 2. The van der Waals surface area contributed by atoms with Crippen molar-refractivity contribution in [3.05, 3.63) is 30.1 Å². The van der Waals surface area contributed by atoms with Gasteiger partial charge in [-0.05, 0) is 56.1 Å². The number of likely N-dealkylation sites (tertiary alicyclic amines) is 1. The number of guanidine groups is 1. The van der Waals surface area contributed by atoms with E-state index in [9.17, 15) is 9.59 Å². The van der Waals surface area contributed by atoms with Crippen molar-refractivity contribution in [2.24, 2.45) is 11.8 Å². The standard InChI is InChI=1S/C24H35N5O2/c1-28-22(31)24(27-23(28)25,12-9-18-6-3-2-4-7-18)16-19-8-5-15-29(17-19)21(30)20-10-13-26-14-11-20/h10-11,13-14,18-19H,2-9,12,15-17H2,1H3,(H2,25,27)/t19-,24+/m1/s1. The number of nitrogens with one attached hydrogen (secondary N) is 2. The highest BCUT2D eigenvalue weighted by atomic mass is 16.2. The first-order valence-corrected chi connectivity index (χ1v) is 11.8. The molecule has 0 spiro atoms. The van der Waals surface area contributed by atoms with Gasteiger partial charge in [0, 0.05) is 38.1 Å². The highest BCUT2D eigenvalue weighted by Crippen LogP contribution is 2.36. The summed E-state index contributed by atoms with van der Waals surface area (Å²) in [6.07, 6.45) is 14.2. The van der Waals surface area contributed by atoms with Crippen LogP contribution in [0.15, 0.2) is 24.5 Å². The SMILES string of the molecule is CN1C(=N)N[C@@](CCC2CCCCC2)(C[C@H]2CCCN(C(=O)c3ccncc3)C2)C1=O. The molecule has 3 heterocycles. The lowest BCUT2D eigenvalue weighted by Crippen LogP contribution is -2.51. The lowest BCUT2D eigenvalue weighted by atomic mass is 9.77. The van der Waals surface area contributed by atoms with Crippen molar-refractivity contribution >= 4 is 17.8 Å². The molecule has 4 rings (SSSR count). The maximum Gasteiger partial charge on any atom is 0.254 e. The Kier molecular flexibility index (Phi) is 6.58. The van der Waals surface area contributed by atoms with Crippen molar-refractivity contribution in [2.75, 3.05) is 20.1 Å². The molecule has 0 unspecified atom stereocenters. The summed E-state index contributed by atoms with van der Waals surface area (Å²) in [5.74, 6) is 1.21. The molecule has 3 fully saturated rings. The molecule has 2 saturated heterocycles. The maximum absolute atomic E-state index is 13.3. The van der Waals surface area contributed by atoms with Crippen LogP contribution in [0.3, 0.4) is 0 Å². The second kappa shape index (κ2) is 9.37. The molecule has 1 aliphatic carbocycles. The van der Waals surface area contributed by atoms with Crippen LogP contribution in [0.25, 0.3) is 0 Å². The Balaban J connectivity index is 1.45. The first kappa shape index (κ1) is 21.8. The molecule has 7 nitrogen and oxygen atoms in total. The summed E-state index contributed by atoms with van der Waals surface area (Å²) in [6, 6.07) is 3.52. The van der Waals surface area contributed by atoms with Crippen LogP contribution in [0.5, 0.6) is 0 Å². The molecule has 31 heavy (non-hydrogen) atoms. The van der Waals surface area contributed by atoms with Gasteiger partial charge < -0.3 is 10.2 Å². The minimum Gasteiger partial charge on any atom is -0.342 e. The van der Waals surface area contributed by atoms with E-state index in [1.54, 1.807) is 31.6 Å². The Morgan fingerprint density at radius 3 is 2.55 bits per heavy atom. The van der Waals surface area contributed by atoms with Crippen molar-refractivity contribution in [1.82, 2.24) is 20.1 Å². The van der Waals surface area contributed by atoms with E-state index in [-0.39, 0.29) is 23.7 Å². The summed E-state index contributed by atoms with van der Waals surface area (Å²) < 4.78 is 0. The van der Waals surface area contributed by atoms with Gasteiger partial charge in [-0.3, -0.25) is 24.9 Å². The summed E-state index contributed by atoms with van der Waals surface area (Å²) in [5, 5.41) is 11.5. The first-order chi connectivity index (χ1) is 15.0. The van der Waals surface area contributed by atoms with Crippen molar-refractivity contribution in [3.63, 3.8) is 0 Å². The number of nitrogens with zero attached hydrogens (tertiary/aromatic N) is 3. The molecule has 0 radical (unpaired) electrons. The zero-order valence-electron chi connectivity index (χ0n) is 18.6. The van der Waals surface area contributed by atoms with Crippen molar-refractivity contribution in [3.8, 4) is 0 Å². The van der Waals surface area contributed by atoms with E-state index in [0.29, 0.717) is 24.4 Å². The molecular weight excluding hydrogens is 390 g/mol. The van der Waals surface area contributed by atoms with Crippen LogP contribution in [0.4, 0.5) is 0 Å². The van der Waals surface area contributed by atoms with Gasteiger partial charge in [0.15, 0.2) is 5.96 Å². The largest absolute Gasteiger partial charge is 0.342 e. The van der Waals surface area contributed by atoms with E-state index in [1.807, 2.05) is 4.90 Å². The molecule has 1 aromatic heterocycles. The Morgan fingerprint density at radius 1 is 1.16 bits per heavy atom. The molecule has 2 N–H and O–H groups in total.